The molecule has 2 rings (SSSR count). The third-order valence-electron chi connectivity index (χ3n) is 4.66. The molecule has 2 aromatic carbocycles. The Hall–Kier alpha value is -2.05. The Labute approximate surface area is 172 Å². The van der Waals surface area contributed by atoms with Gasteiger partial charge in [-0.15, -0.1) is 0 Å². The monoisotopic (exact) mass is 422 g/mol. The minimum absolute atomic E-state index is 0.242. The van der Waals surface area contributed by atoms with E-state index in [1.807, 2.05) is 32.9 Å². The Morgan fingerprint density at radius 2 is 1.75 bits per heavy atom. The smallest absolute Gasteiger partial charge is 0.244 e. The van der Waals surface area contributed by atoms with Crippen LogP contribution >= 0.6 is 11.6 Å². The summed E-state index contributed by atoms with van der Waals surface area (Å²) < 4.78 is 26.1. The molecule has 0 bridgehead atoms. The van der Waals surface area contributed by atoms with Gasteiger partial charge in [-0.3, -0.25) is 9.10 Å². The molecule has 0 unspecified atom stereocenters. The van der Waals surface area contributed by atoms with Gasteiger partial charge in [0.05, 0.1) is 18.0 Å². The van der Waals surface area contributed by atoms with Gasteiger partial charge < -0.3 is 5.32 Å². The molecule has 1 amide bonds. The fourth-order valence-electron chi connectivity index (χ4n) is 3.35. The van der Waals surface area contributed by atoms with E-state index in [4.69, 9.17) is 11.6 Å². The van der Waals surface area contributed by atoms with Crippen molar-refractivity contribution in [2.75, 3.05) is 10.6 Å². The Kier molecular flexibility index (Phi) is 7.12. The minimum Gasteiger partial charge on any atom is -0.348 e. The van der Waals surface area contributed by atoms with E-state index in [9.17, 15) is 13.2 Å². The molecule has 2 aromatic rings. The molecule has 0 aliphatic rings. The predicted octanol–water partition coefficient (Wildman–Crippen LogP) is 4.38. The third kappa shape index (κ3) is 5.26. The van der Waals surface area contributed by atoms with Gasteiger partial charge in [0, 0.05) is 5.02 Å². The van der Waals surface area contributed by atoms with Gasteiger partial charge in [0.1, 0.15) is 6.04 Å². The van der Waals surface area contributed by atoms with Gasteiger partial charge in [0.2, 0.25) is 15.9 Å². The number of hydrogen-bond acceptors (Lipinski definition) is 3. The molecular formula is C21H27ClN2O3S. The third-order valence-corrected chi connectivity index (χ3v) is 6.09. The fourth-order valence-corrected chi connectivity index (χ4v) is 4.68. The van der Waals surface area contributed by atoms with Crippen molar-refractivity contribution in [1.29, 1.82) is 0 Å². The van der Waals surface area contributed by atoms with E-state index in [1.54, 1.807) is 31.2 Å². The van der Waals surface area contributed by atoms with Crippen LogP contribution in [0.2, 0.25) is 5.02 Å². The molecule has 2 atom stereocenters. The number of anilines is 1. The highest BCUT2D eigenvalue weighted by molar-refractivity contribution is 7.92. The molecule has 0 saturated heterocycles. The van der Waals surface area contributed by atoms with Gasteiger partial charge in [-0.1, -0.05) is 42.3 Å². The number of carbonyl (C=O) groups is 1. The minimum atomic E-state index is -3.67. The number of halogens is 1. The van der Waals surface area contributed by atoms with Crippen LogP contribution in [-0.4, -0.2) is 26.6 Å². The number of amides is 1. The second-order valence-corrected chi connectivity index (χ2v) is 9.35. The molecule has 0 aliphatic carbocycles. The summed E-state index contributed by atoms with van der Waals surface area (Å²) in [6, 6.07) is 11.4. The first-order valence-corrected chi connectivity index (χ1v) is 11.4. The van der Waals surface area contributed by atoms with Crippen LogP contribution in [0.1, 0.15) is 43.0 Å². The van der Waals surface area contributed by atoms with Crippen molar-refractivity contribution in [1.82, 2.24) is 5.32 Å². The summed E-state index contributed by atoms with van der Waals surface area (Å²) in [6.07, 6.45) is 1.44. The SMILES string of the molecule is CC[C@H](C(=O)N[C@H](C)c1ccc(C)cc1C)N(c1ccc(Cl)cc1)S(C)(=O)=O. The fraction of sp³-hybridized carbons (Fsp3) is 0.381. The van der Waals surface area contributed by atoms with Crippen LogP contribution in [0.4, 0.5) is 5.69 Å². The predicted molar refractivity (Wildman–Crippen MR) is 115 cm³/mol. The van der Waals surface area contributed by atoms with Gasteiger partial charge in [-0.2, -0.15) is 0 Å². The summed E-state index contributed by atoms with van der Waals surface area (Å²) in [7, 11) is -3.67. The van der Waals surface area contributed by atoms with Gasteiger partial charge in [-0.25, -0.2) is 8.42 Å². The highest BCUT2D eigenvalue weighted by Gasteiger charge is 2.32. The van der Waals surface area contributed by atoms with Gasteiger partial charge >= 0.3 is 0 Å². The van der Waals surface area contributed by atoms with Crippen LogP contribution < -0.4 is 9.62 Å². The molecule has 152 valence electrons. The second-order valence-electron chi connectivity index (χ2n) is 7.05. The summed E-state index contributed by atoms with van der Waals surface area (Å²) >= 11 is 5.92. The number of carbonyl (C=O) groups excluding carboxylic acids is 1. The van der Waals surface area contributed by atoms with Crippen molar-refractivity contribution in [3.63, 3.8) is 0 Å². The average Bonchev–Trinajstić information content (AvgIpc) is 2.59. The van der Waals surface area contributed by atoms with Crippen molar-refractivity contribution < 1.29 is 13.2 Å². The van der Waals surface area contributed by atoms with Crippen LogP contribution in [0, 0.1) is 13.8 Å². The highest BCUT2D eigenvalue weighted by Crippen LogP contribution is 2.25. The molecule has 5 nitrogen and oxygen atoms in total. The Morgan fingerprint density at radius 3 is 2.25 bits per heavy atom. The summed E-state index contributed by atoms with van der Waals surface area (Å²) in [5, 5.41) is 3.47. The van der Waals surface area contributed by atoms with Crippen LogP contribution in [-0.2, 0) is 14.8 Å². The van der Waals surface area contributed by atoms with Crippen LogP contribution in [0.15, 0.2) is 42.5 Å². The summed E-state index contributed by atoms with van der Waals surface area (Å²) in [4.78, 5) is 13.0. The maximum absolute atomic E-state index is 13.0. The molecular weight excluding hydrogens is 396 g/mol. The van der Waals surface area contributed by atoms with Crippen molar-refractivity contribution in [3.8, 4) is 0 Å². The molecule has 0 heterocycles. The van der Waals surface area contributed by atoms with Crippen molar-refractivity contribution in [2.24, 2.45) is 0 Å². The van der Waals surface area contributed by atoms with Crippen LogP contribution in [0.25, 0.3) is 0 Å². The average molecular weight is 423 g/mol. The summed E-state index contributed by atoms with van der Waals surface area (Å²) in [5.74, 6) is -0.338. The van der Waals surface area contributed by atoms with E-state index in [0.29, 0.717) is 17.1 Å². The van der Waals surface area contributed by atoms with E-state index in [2.05, 4.69) is 11.4 Å². The number of benzene rings is 2. The maximum atomic E-state index is 13.0. The molecule has 0 aliphatic heterocycles. The van der Waals surface area contributed by atoms with Crippen molar-refractivity contribution in [2.45, 2.75) is 46.2 Å². The van der Waals surface area contributed by atoms with Gasteiger partial charge in [0.25, 0.3) is 0 Å². The van der Waals surface area contributed by atoms with Crippen molar-refractivity contribution >= 4 is 33.2 Å². The molecule has 1 N–H and O–H groups in total. The number of rotatable bonds is 7. The molecule has 0 fully saturated rings. The van der Waals surface area contributed by atoms with E-state index >= 15 is 0 Å². The van der Waals surface area contributed by atoms with E-state index in [-0.39, 0.29) is 11.9 Å². The van der Waals surface area contributed by atoms with Gasteiger partial charge in [-0.05, 0) is 62.6 Å². The lowest BCUT2D eigenvalue weighted by atomic mass is 10.00. The molecule has 7 heteroatoms. The summed E-state index contributed by atoms with van der Waals surface area (Å²) in [5.41, 5.74) is 3.65. The van der Waals surface area contributed by atoms with E-state index < -0.39 is 16.1 Å². The quantitative estimate of drug-likeness (QED) is 0.720. The number of nitrogens with zero attached hydrogens (tertiary/aromatic N) is 1. The zero-order valence-electron chi connectivity index (χ0n) is 16.9. The Bertz CT molecular complexity index is 943. The number of aryl methyl sites for hydroxylation is 2. The molecule has 0 saturated carbocycles. The lowest BCUT2D eigenvalue weighted by Gasteiger charge is -2.31. The lowest BCUT2D eigenvalue weighted by Crippen LogP contribution is -2.49. The van der Waals surface area contributed by atoms with Gasteiger partial charge in [0.15, 0.2) is 0 Å². The normalized spacial score (nSPS) is 13.6. The molecule has 0 aromatic heterocycles. The first kappa shape index (κ1) is 22.2. The maximum Gasteiger partial charge on any atom is 0.244 e. The zero-order valence-corrected chi connectivity index (χ0v) is 18.4. The van der Waals surface area contributed by atoms with Crippen molar-refractivity contribution in [3.05, 3.63) is 64.2 Å². The molecule has 0 radical (unpaired) electrons. The highest BCUT2D eigenvalue weighted by atomic mass is 35.5. The first-order valence-electron chi connectivity index (χ1n) is 9.17. The first-order chi connectivity index (χ1) is 13.0. The largest absolute Gasteiger partial charge is 0.348 e. The van der Waals surface area contributed by atoms with Crippen LogP contribution in [0.3, 0.4) is 0 Å². The number of sulfonamides is 1. The standard InChI is InChI=1S/C21H27ClN2O3S/c1-6-20(24(28(5,26)27)18-10-8-17(22)9-11-18)21(25)23-16(4)19-12-7-14(2)13-15(19)3/h7-13,16,20H,6H2,1-5H3,(H,23,25)/t16-,20-/m1/s1. The van der Waals surface area contributed by atoms with E-state index in [0.717, 1.165) is 27.3 Å². The second kappa shape index (κ2) is 8.97. The number of nitrogens with one attached hydrogen (secondary N) is 1. The lowest BCUT2D eigenvalue weighted by molar-refractivity contribution is -0.122. The topological polar surface area (TPSA) is 66.5 Å². The Morgan fingerprint density at radius 1 is 1.14 bits per heavy atom. The molecule has 0 spiro atoms. The number of hydrogen-bond donors (Lipinski definition) is 1. The zero-order chi connectivity index (χ0) is 21.1. The van der Waals surface area contributed by atoms with E-state index in [1.165, 1.54) is 0 Å². The summed E-state index contributed by atoms with van der Waals surface area (Å²) in [6.45, 7) is 7.71. The Balaban J connectivity index is 2.32. The molecule has 28 heavy (non-hydrogen) atoms. The van der Waals surface area contributed by atoms with Crippen LogP contribution in [0.5, 0.6) is 0 Å².